The Hall–Kier alpha value is -0.860. The maximum Gasteiger partial charge on any atom is 0.0445 e. The molecule has 0 spiro atoms. The second-order valence-corrected chi connectivity index (χ2v) is 3.91. The monoisotopic (exact) mass is 191 g/mol. The zero-order valence-corrected chi connectivity index (χ0v) is 8.39. The molecule has 2 rings (SSSR count). The summed E-state index contributed by atoms with van der Waals surface area (Å²) in [5, 5.41) is 8.86. The van der Waals surface area contributed by atoms with Crippen molar-refractivity contribution in [1.82, 2.24) is 4.90 Å². The molecule has 1 saturated heterocycles. The van der Waals surface area contributed by atoms with Crippen LogP contribution in [0.1, 0.15) is 18.4 Å². The van der Waals surface area contributed by atoms with Crippen molar-refractivity contribution in [2.24, 2.45) is 0 Å². The van der Waals surface area contributed by atoms with Gasteiger partial charge in [0.2, 0.25) is 0 Å². The summed E-state index contributed by atoms with van der Waals surface area (Å²) in [5.41, 5.74) is 1.37. The summed E-state index contributed by atoms with van der Waals surface area (Å²) < 4.78 is 0. The highest BCUT2D eigenvalue weighted by Gasteiger charge is 2.26. The number of benzene rings is 1. The smallest absolute Gasteiger partial charge is 0.0445 e. The quantitative estimate of drug-likeness (QED) is 0.782. The highest BCUT2D eigenvalue weighted by atomic mass is 16.3. The molecule has 1 aliphatic heterocycles. The number of aliphatic hydroxyl groups is 1. The summed E-state index contributed by atoms with van der Waals surface area (Å²) in [6.45, 7) is 2.53. The summed E-state index contributed by atoms with van der Waals surface area (Å²) >= 11 is 0. The van der Waals surface area contributed by atoms with E-state index in [9.17, 15) is 0 Å². The molecule has 1 N–H and O–H groups in total. The number of rotatable bonds is 4. The molecule has 1 aromatic rings. The Labute approximate surface area is 85.2 Å². The third-order valence-corrected chi connectivity index (χ3v) is 2.96. The maximum atomic E-state index is 8.86. The van der Waals surface area contributed by atoms with E-state index in [1.807, 2.05) is 6.07 Å². The predicted octanol–water partition coefficient (Wildman–Crippen LogP) is 1.64. The van der Waals surface area contributed by atoms with Crippen LogP contribution in [0.25, 0.3) is 0 Å². The zero-order valence-electron chi connectivity index (χ0n) is 8.39. The van der Waals surface area contributed by atoms with Crippen molar-refractivity contribution < 1.29 is 5.11 Å². The lowest BCUT2D eigenvalue weighted by Gasteiger charge is -2.41. The Morgan fingerprint density at radius 1 is 1.29 bits per heavy atom. The van der Waals surface area contributed by atoms with Crippen molar-refractivity contribution >= 4 is 0 Å². The number of hydrogen-bond acceptors (Lipinski definition) is 2. The molecular formula is C12H17NO. The minimum Gasteiger partial charge on any atom is -0.396 e. The standard InChI is InChI=1S/C12H17NO/c14-9-7-12-6-8-13(12)10-11-4-2-1-3-5-11/h1-5,12,14H,6-10H2/t12-/m1/s1. The minimum absolute atomic E-state index is 0.315. The Morgan fingerprint density at radius 3 is 2.64 bits per heavy atom. The van der Waals surface area contributed by atoms with Crippen LogP contribution in [0.15, 0.2) is 30.3 Å². The van der Waals surface area contributed by atoms with Crippen LogP contribution in [0.2, 0.25) is 0 Å². The van der Waals surface area contributed by atoms with Gasteiger partial charge in [-0.15, -0.1) is 0 Å². The van der Waals surface area contributed by atoms with Crippen molar-refractivity contribution in [2.75, 3.05) is 13.2 Å². The molecule has 2 heteroatoms. The normalized spacial score (nSPS) is 21.9. The summed E-state index contributed by atoms with van der Waals surface area (Å²) in [4.78, 5) is 2.44. The molecule has 0 amide bonds. The van der Waals surface area contributed by atoms with Gasteiger partial charge in [-0.1, -0.05) is 30.3 Å². The molecule has 1 fully saturated rings. The van der Waals surface area contributed by atoms with Gasteiger partial charge in [-0.25, -0.2) is 0 Å². The van der Waals surface area contributed by atoms with Gasteiger partial charge in [0, 0.05) is 25.7 Å². The van der Waals surface area contributed by atoms with Gasteiger partial charge in [-0.05, 0) is 18.4 Å². The molecule has 1 heterocycles. The third kappa shape index (κ3) is 2.14. The fourth-order valence-corrected chi connectivity index (χ4v) is 2.00. The van der Waals surface area contributed by atoms with Crippen LogP contribution in [0.3, 0.4) is 0 Å². The van der Waals surface area contributed by atoms with E-state index in [1.54, 1.807) is 0 Å². The molecule has 0 aromatic heterocycles. The molecule has 76 valence electrons. The molecule has 2 nitrogen and oxygen atoms in total. The van der Waals surface area contributed by atoms with Crippen LogP contribution >= 0.6 is 0 Å². The van der Waals surface area contributed by atoms with Gasteiger partial charge in [0.05, 0.1) is 0 Å². The zero-order chi connectivity index (χ0) is 9.80. The lowest BCUT2D eigenvalue weighted by Crippen LogP contribution is -2.47. The summed E-state index contributed by atoms with van der Waals surface area (Å²) in [7, 11) is 0. The Balaban J connectivity index is 1.86. The third-order valence-electron chi connectivity index (χ3n) is 2.96. The van der Waals surface area contributed by atoms with E-state index in [-0.39, 0.29) is 0 Å². The van der Waals surface area contributed by atoms with Crippen molar-refractivity contribution in [3.63, 3.8) is 0 Å². The topological polar surface area (TPSA) is 23.5 Å². The predicted molar refractivity (Wildman–Crippen MR) is 57.0 cm³/mol. The first-order chi connectivity index (χ1) is 6.90. The van der Waals surface area contributed by atoms with E-state index >= 15 is 0 Å². The molecule has 0 unspecified atom stereocenters. The van der Waals surface area contributed by atoms with Crippen molar-refractivity contribution in [1.29, 1.82) is 0 Å². The van der Waals surface area contributed by atoms with Gasteiger partial charge in [0.25, 0.3) is 0 Å². The molecule has 1 atom stereocenters. The van der Waals surface area contributed by atoms with E-state index in [0.717, 1.165) is 13.0 Å². The van der Waals surface area contributed by atoms with Gasteiger partial charge in [0.15, 0.2) is 0 Å². The first-order valence-corrected chi connectivity index (χ1v) is 5.29. The highest BCUT2D eigenvalue weighted by molar-refractivity contribution is 5.15. The second-order valence-electron chi connectivity index (χ2n) is 3.91. The molecule has 0 aliphatic carbocycles. The molecule has 1 aliphatic rings. The number of likely N-dealkylation sites (tertiary alicyclic amines) is 1. The second kappa shape index (κ2) is 4.58. The van der Waals surface area contributed by atoms with Gasteiger partial charge in [0.1, 0.15) is 0 Å². The first-order valence-electron chi connectivity index (χ1n) is 5.29. The Bertz CT molecular complexity index is 273. The van der Waals surface area contributed by atoms with E-state index in [1.165, 1.54) is 18.5 Å². The average molecular weight is 191 g/mol. The van der Waals surface area contributed by atoms with Crippen molar-refractivity contribution in [3.8, 4) is 0 Å². The van der Waals surface area contributed by atoms with Crippen LogP contribution in [-0.4, -0.2) is 29.2 Å². The largest absolute Gasteiger partial charge is 0.396 e. The van der Waals surface area contributed by atoms with E-state index in [0.29, 0.717) is 12.6 Å². The summed E-state index contributed by atoms with van der Waals surface area (Å²) in [6.07, 6.45) is 2.17. The van der Waals surface area contributed by atoms with E-state index in [4.69, 9.17) is 5.11 Å². The van der Waals surface area contributed by atoms with E-state index in [2.05, 4.69) is 29.2 Å². The van der Waals surface area contributed by atoms with Crippen molar-refractivity contribution in [2.45, 2.75) is 25.4 Å². The molecule has 14 heavy (non-hydrogen) atoms. The fourth-order valence-electron chi connectivity index (χ4n) is 2.00. The fraction of sp³-hybridized carbons (Fsp3) is 0.500. The average Bonchev–Trinajstić information content (AvgIpc) is 2.23. The van der Waals surface area contributed by atoms with Gasteiger partial charge in [-0.3, -0.25) is 4.90 Å². The minimum atomic E-state index is 0.315. The van der Waals surface area contributed by atoms with Crippen LogP contribution in [-0.2, 0) is 6.54 Å². The van der Waals surface area contributed by atoms with Crippen molar-refractivity contribution in [3.05, 3.63) is 35.9 Å². The SMILES string of the molecule is OCC[C@H]1CCN1Cc1ccccc1. The highest BCUT2D eigenvalue weighted by Crippen LogP contribution is 2.22. The number of nitrogens with zero attached hydrogens (tertiary/aromatic N) is 1. The summed E-state index contributed by atoms with van der Waals surface area (Å²) in [5.74, 6) is 0. The number of aliphatic hydroxyl groups excluding tert-OH is 1. The Kier molecular flexibility index (Phi) is 3.17. The molecule has 0 saturated carbocycles. The Morgan fingerprint density at radius 2 is 2.07 bits per heavy atom. The van der Waals surface area contributed by atoms with Crippen LogP contribution in [0.4, 0.5) is 0 Å². The molecular weight excluding hydrogens is 174 g/mol. The lowest BCUT2D eigenvalue weighted by atomic mass is 9.99. The van der Waals surface area contributed by atoms with Gasteiger partial charge < -0.3 is 5.11 Å². The van der Waals surface area contributed by atoms with Gasteiger partial charge in [-0.2, -0.15) is 0 Å². The van der Waals surface area contributed by atoms with Gasteiger partial charge >= 0.3 is 0 Å². The number of hydrogen-bond donors (Lipinski definition) is 1. The lowest BCUT2D eigenvalue weighted by molar-refractivity contribution is 0.0608. The van der Waals surface area contributed by atoms with Crippen LogP contribution in [0, 0.1) is 0 Å². The first kappa shape index (κ1) is 9.69. The summed E-state index contributed by atoms with van der Waals surface area (Å²) in [6, 6.07) is 11.1. The molecule has 0 bridgehead atoms. The maximum absolute atomic E-state index is 8.86. The van der Waals surface area contributed by atoms with Crippen LogP contribution in [0.5, 0.6) is 0 Å². The van der Waals surface area contributed by atoms with E-state index < -0.39 is 0 Å². The molecule has 0 radical (unpaired) electrons. The molecule has 1 aromatic carbocycles. The van der Waals surface area contributed by atoms with Crippen LogP contribution < -0.4 is 0 Å².